The Morgan fingerprint density at radius 1 is 1.38 bits per heavy atom. The average molecular weight is 212 g/mol. The standard InChI is InChI=1S/C4H8N2O6S/c5-13(11,12)6-2(4(9)10)1-3(7)8/h2,6H,1H2,(H,7,8)(H,9,10)(H2,5,11,12)/t2-/m0/s1. The molecule has 8 nitrogen and oxygen atoms in total. The van der Waals surface area contributed by atoms with Crippen LogP contribution in [0.4, 0.5) is 0 Å². The number of nitrogens with one attached hydrogen (secondary N) is 1. The summed E-state index contributed by atoms with van der Waals surface area (Å²) in [5, 5.41) is 21.0. The number of carbonyl (C=O) groups is 2. The molecule has 0 aromatic heterocycles. The van der Waals surface area contributed by atoms with E-state index < -0.39 is 34.6 Å². The van der Waals surface area contributed by atoms with Gasteiger partial charge in [-0.2, -0.15) is 13.1 Å². The number of carboxylic acids is 2. The normalized spacial score (nSPS) is 13.6. The van der Waals surface area contributed by atoms with E-state index in [1.54, 1.807) is 0 Å². The van der Waals surface area contributed by atoms with Crippen molar-refractivity contribution in [3.63, 3.8) is 0 Å². The van der Waals surface area contributed by atoms with Crippen LogP contribution in [-0.4, -0.2) is 36.6 Å². The van der Waals surface area contributed by atoms with Crippen molar-refractivity contribution in [1.82, 2.24) is 4.72 Å². The fraction of sp³-hybridized carbons (Fsp3) is 0.500. The van der Waals surface area contributed by atoms with Gasteiger partial charge in [-0.15, -0.1) is 0 Å². The number of rotatable bonds is 5. The molecule has 0 aliphatic rings. The molecule has 0 heterocycles. The van der Waals surface area contributed by atoms with E-state index in [4.69, 9.17) is 10.2 Å². The second-order valence-electron chi connectivity index (χ2n) is 2.15. The molecule has 0 bridgehead atoms. The molecule has 0 aliphatic carbocycles. The highest BCUT2D eigenvalue weighted by Crippen LogP contribution is 1.93. The molecule has 0 fully saturated rings. The molecule has 5 N–H and O–H groups in total. The summed E-state index contributed by atoms with van der Waals surface area (Å²) in [6.07, 6.45) is -0.869. The molecule has 0 aromatic carbocycles. The van der Waals surface area contributed by atoms with Gasteiger partial charge in [-0.25, -0.2) is 5.14 Å². The fourth-order valence-corrected chi connectivity index (χ4v) is 1.13. The first-order valence-electron chi connectivity index (χ1n) is 2.97. The highest BCUT2D eigenvalue weighted by Gasteiger charge is 2.24. The summed E-state index contributed by atoms with van der Waals surface area (Å²) in [6, 6.07) is -1.74. The average Bonchev–Trinajstić information content (AvgIpc) is 1.81. The Morgan fingerprint density at radius 3 is 2.08 bits per heavy atom. The Morgan fingerprint density at radius 2 is 1.85 bits per heavy atom. The van der Waals surface area contributed by atoms with Crippen LogP contribution in [0, 0.1) is 0 Å². The second-order valence-corrected chi connectivity index (χ2v) is 3.48. The first-order chi connectivity index (χ1) is 5.72. The number of aliphatic carboxylic acids is 2. The van der Waals surface area contributed by atoms with Gasteiger partial charge in [0.2, 0.25) is 0 Å². The third-order valence-corrected chi connectivity index (χ3v) is 1.60. The first-order valence-corrected chi connectivity index (χ1v) is 4.51. The highest BCUT2D eigenvalue weighted by molar-refractivity contribution is 7.87. The van der Waals surface area contributed by atoms with Crippen LogP contribution in [0.5, 0.6) is 0 Å². The van der Waals surface area contributed by atoms with Gasteiger partial charge in [0.1, 0.15) is 6.04 Å². The predicted molar refractivity (Wildman–Crippen MR) is 39.9 cm³/mol. The summed E-state index contributed by atoms with van der Waals surface area (Å²) in [5.74, 6) is -3.04. The van der Waals surface area contributed by atoms with E-state index >= 15 is 0 Å². The Kier molecular flexibility index (Phi) is 3.78. The Balaban J connectivity index is 4.45. The second kappa shape index (κ2) is 4.16. The summed E-state index contributed by atoms with van der Waals surface area (Å²) in [6.45, 7) is 0. The van der Waals surface area contributed by atoms with Crippen molar-refractivity contribution in [2.45, 2.75) is 12.5 Å². The minimum atomic E-state index is -4.21. The number of nitrogens with two attached hydrogens (primary N) is 1. The van der Waals surface area contributed by atoms with Crippen LogP contribution in [-0.2, 0) is 19.8 Å². The van der Waals surface area contributed by atoms with Gasteiger partial charge in [0.15, 0.2) is 0 Å². The van der Waals surface area contributed by atoms with E-state index in [0.29, 0.717) is 0 Å². The van der Waals surface area contributed by atoms with Crippen LogP contribution in [0.1, 0.15) is 6.42 Å². The first kappa shape index (κ1) is 11.8. The molecular formula is C4H8N2O6S. The van der Waals surface area contributed by atoms with E-state index in [2.05, 4.69) is 5.14 Å². The number of hydrogen-bond donors (Lipinski definition) is 4. The van der Waals surface area contributed by atoms with Crippen LogP contribution in [0.15, 0.2) is 0 Å². The Labute approximate surface area is 73.5 Å². The molecule has 0 radical (unpaired) electrons. The van der Waals surface area contributed by atoms with Crippen molar-refractivity contribution in [2.24, 2.45) is 5.14 Å². The molecule has 0 aliphatic heterocycles. The van der Waals surface area contributed by atoms with E-state index in [-0.39, 0.29) is 0 Å². The molecule has 13 heavy (non-hydrogen) atoms. The molecule has 0 spiro atoms. The molecule has 9 heteroatoms. The molecule has 0 saturated carbocycles. The Bertz CT molecular complexity index is 309. The number of carboxylic acid groups (broad SMARTS) is 2. The van der Waals surface area contributed by atoms with Gasteiger partial charge >= 0.3 is 11.9 Å². The lowest BCUT2D eigenvalue weighted by atomic mass is 10.2. The monoisotopic (exact) mass is 212 g/mol. The molecule has 1 atom stereocenters. The smallest absolute Gasteiger partial charge is 0.322 e. The zero-order valence-electron chi connectivity index (χ0n) is 6.30. The third kappa shape index (κ3) is 6.02. The minimum absolute atomic E-state index is 0.869. The van der Waals surface area contributed by atoms with Crippen LogP contribution >= 0.6 is 0 Å². The molecule has 0 saturated heterocycles. The van der Waals surface area contributed by atoms with Crippen LogP contribution in [0.3, 0.4) is 0 Å². The van der Waals surface area contributed by atoms with Crippen LogP contribution in [0.2, 0.25) is 0 Å². The molecule has 76 valence electrons. The maximum Gasteiger partial charge on any atom is 0.322 e. The lowest BCUT2D eigenvalue weighted by Crippen LogP contribution is -2.45. The zero-order valence-corrected chi connectivity index (χ0v) is 7.11. The van der Waals surface area contributed by atoms with Gasteiger partial charge in [0, 0.05) is 0 Å². The topological polar surface area (TPSA) is 147 Å². The van der Waals surface area contributed by atoms with Gasteiger partial charge in [0.05, 0.1) is 6.42 Å². The maximum atomic E-state index is 10.3. The van der Waals surface area contributed by atoms with Gasteiger partial charge in [-0.1, -0.05) is 0 Å². The van der Waals surface area contributed by atoms with Crippen LogP contribution < -0.4 is 9.86 Å². The van der Waals surface area contributed by atoms with Crippen LogP contribution in [0.25, 0.3) is 0 Å². The third-order valence-electron chi connectivity index (χ3n) is 0.983. The van der Waals surface area contributed by atoms with E-state index in [1.807, 2.05) is 0 Å². The summed E-state index contributed by atoms with van der Waals surface area (Å²) in [5.41, 5.74) is 0. The minimum Gasteiger partial charge on any atom is -0.481 e. The van der Waals surface area contributed by atoms with Crippen molar-refractivity contribution in [2.75, 3.05) is 0 Å². The van der Waals surface area contributed by atoms with Crippen molar-refractivity contribution in [3.8, 4) is 0 Å². The summed E-state index contributed by atoms with van der Waals surface area (Å²) < 4.78 is 22.1. The molecule has 0 aromatic rings. The van der Waals surface area contributed by atoms with E-state index in [1.165, 1.54) is 4.72 Å². The Hall–Kier alpha value is -1.19. The van der Waals surface area contributed by atoms with Gasteiger partial charge < -0.3 is 10.2 Å². The maximum absolute atomic E-state index is 10.3. The van der Waals surface area contributed by atoms with Crippen molar-refractivity contribution < 1.29 is 28.2 Å². The highest BCUT2D eigenvalue weighted by atomic mass is 32.2. The zero-order chi connectivity index (χ0) is 10.6. The molecule has 0 amide bonds. The number of hydrogen-bond acceptors (Lipinski definition) is 4. The lowest BCUT2D eigenvalue weighted by Gasteiger charge is -2.09. The largest absolute Gasteiger partial charge is 0.481 e. The quantitative estimate of drug-likeness (QED) is 0.403. The molecular weight excluding hydrogens is 204 g/mol. The molecule has 0 unspecified atom stereocenters. The summed E-state index contributed by atoms with van der Waals surface area (Å²) >= 11 is 0. The predicted octanol–water partition coefficient (Wildman–Crippen LogP) is -2.29. The van der Waals surface area contributed by atoms with E-state index in [9.17, 15) is 18.0 Å². The van der Waals surface area contributed by atoms with Crippen molar-refractivity contribution in [1.29, 1.82) is 0 Å². The summed E-state index contributed by atoms with van der Waals surface area (Å²) in [4.78, 5) is 20.3. The van der Waals surface area contributed by atoms with Crippen molar-refractivity contribution >= 4 is 22.1 Å². The molecule has 0 rings (SSSR count). The lowest BCUT2D eigenvalue weighted by molar-refractivity contribution is -0.145. The van der Waals surface area contributed by atoms with E-state index in [0.717, 1.165) is 0 Å². The summed E-state index contributed by atoms with van der Waals surface area (Å²) in [7, 11) is -4.21. The van der Waals surface area contributed by atoms with Crippen molar-refractivity contribution in [3.05, 3.63) is 0 Å². The van der Waals surface area contributed by atoms with Gasteiger partial charge in [0.25, 0.3) is 10.2 Å². The van der Waals surface area contributed by atoms with Gasteiger partial charge in [-0.05, 0) is 0 Å². The van der Waals surface area contributed by atoms with Gasteiger partial charge in [-0.3, -0.25) is 9.59 Å². The SMILES string of the molecule is NS(=O)(=O)N[C@@H](CC(=O)O)C(=O)O. The fourth-order valence-electron chi connectivity index (χ4n) is 0.552.